The van der Waals surface area contributed by atoms with Crippen molar-refractivity contribution in [2.45, 2.75) is 17.9 Å². The maximum atomic E-state index is 12.9. The normalized spacial score (nSPS) is 17.8. The fourth-order valence-corrected chi connectivity index (χ4v) is 4.05. The van der Waals surface area contributed by atoms with Crippen LogP contribution >= 0.6 is 0 Å². The van der Waals surface area contributed by atoms with Crippen molar-refractivity contribution < 1.29 is 8.42 Å². The van der Waals surface area contributed by atoms with Gasteiger partial charge in [-0.15, -0.1) is 0 Å². The second-order valence-electron chi connectivity index (χ2n) is 4.85. The molecule has 1 aromatic carbocycles. The lowest BCUT2D eigenvalue weighted by Gasteiger charge is -2.32. The molecule has 0 amide bonds. The summed E-state index contributed by atoms with van der Waals surface area (Å²) in [6, 6.07) is 11.7. The number of hydrogen-bond acceptors (Lipinski definition) is 4. The predicted octanol–water partition coefficient (Wildman–Crippen LogP) is 1.98. The molecule has 0 aliphatic carbocycles. The van der Waals surface area contributed by atoms with Gasteiger partial charge in [-0.05, 0) is 37.3 Å². The number of aromatic nitrogens is 1. The maximum absolute atomic E-state index is 12.9. The molecule has 108 valence electrons. The van der Waals surface area contributed by atoms with Crippen molar-refractivity contribution in [1.29, 1.82) is 0 Å². The minimum absolute atomic E-state index is 0.193. The van der Waals surface area contributed by atoms with E-state index in [4.69, 9.17) is 5.73 Å². The van der Waals surface area contributed by atoms with Gasteiger partial charge in [0.05, 0.1) is 17.1 Å². The zero-order valence-corrected chi connectivity index (χ0v) is 12.3. The minimum Gasteiger partial charge on any atom is -0.323 e. The monoisotopic (exact) mass is 301 g/mol. The van der Waals surface area contributed by atoms with Gasteiger partial charge in [-0.1, -0.05) is 18.2 Å². The number of hydrogen-bond donors (Lipinski definition) is 1. The van der Waals surface area contributed by atoms with Crippen LogP contribution in [-0.2, 0) is 10.0 Å². The lowest BCUT2D eigenvalue weighted by Crippen LogP contribution is -2.40. The van der Waals surface area contributed by atoms with Gasteiger partial charge < -0.3 is 5.73 Å². The average molecular weight is 301 g/mol. The number of nitrogens with two attached hydrogens (primary N) is 1. The Morgan fingerprint density at radius 3 is 2.52 bits per heavy atom. The van der Waals surface area contributed by atoms with Crippen LogP contribution in [0.1, 0.15) is 12.6 Å². The molecule has 0 bridgehead atoms. The van der Waals surface area contributed by atoms with Crippen LogP contribution in [0.2, 0.25) is 0 Å². The molecule has 6 heteroatoms. The third kappa shape index (κ3) is 2.22. The Bertz CT molecular complexity index is 799. The largest absolute Gasteiger partial charge is 0.323 e. The first kappa shape index (κ1) is 13.8. The van der Waals surface area contributed by atoms with E-state index in [1.165, 1.54) is 4.31 Å². The zero-order chi connectivity index (χ0) is 15.0. The molecular formula is C15H15N3O2S. The molecule has 0 radical (unpaired) electrons. The van der Waals surface area contributed by atoms with E-state index in [0.29, 0.717) is 17.1 Å². The van der Waals surface area contributed by atoms with E-state index in [1.54, 1.807) is 55.6 Å². The van der Waals surface area contributed by atoms with E-state index < -0.39 is 16.1 Å². The first-order valence-electron chi connectivity index (χ1n) is 6.54. The Kier molecular flexibility index (Phi) is 3.27. The first-order valence-corrected chi connectivity index (χ1v) is 7.98. The Hall–Kier alpha value is -2.18. The van der Waals surface area contributed by atoms with Crippen LogP contribution in [0.15, 0.2) is 59.3 Å². The molecule has 0 saturated carbocycles. The lowest BCUT2D eigenvalue weighted by atomic mass is 10.2. The van der Waals surface area contributed by atoms with Gasteiger partial charge in [0.25, 0.3) is 10.0 Å². The summed E-state index contributed by atoms with van der Waals surface area (Å²) in [5.41, 5.74) is 7.47. The van der Waals surface area contributed by atoms with Gasteiger partial charge in [-0.2, -0.15) is 0 Å². The molecule has 0 saturated heterocycles. The lowest BCUT2D eigenvalue weighted by molar-refractivity contribution is 0.590. The van der Waals surface area contributed by atoms with Crippen molar-refractivity contribution in [3.63, 3.8) is 0 Å². The van der Waals surface area contributed by atoms with Gasteiger partial charge in [0.2, 0.25) is 0 Å². The van der Waals surface area contributed by atoms with Crippen LogP contribution in [0.4, 0.5) is 5.69 Å². The first-order chi connectivity index (χ1) is 10.0. The van der Waals surface area contributed by atoms with Gasteiger partial charge in [-0.3, -0.25) is 4.98 Å². The van der Waals surface area contributed by atoms with E-state index in [2.05, 4.69) is 4.98 Å². The van der Waals surface area contributed by atoms with Crippen molar-refractivity contribution in [3.8, 4) is 0 Å². The second kappa shape index (κ2) is 4.98. The number of sulfonamides is 1. The molecule has 0 spiro atoms. The topological polar surface area (TPSA) is 76.3 Å². The number of para-hydroxylation sites is 1. The van der Waals surface area contributed by atoms with Crippen LogP contribution in [0.25, 0.3) is 6.08 Å². The van der Waals surface area contributed by atoms with Crippen LogP contribution in [0.3, 0.4) is 0 Å². The minimum atomic E-state index is -3.71. The molecule has 1 aromatic heterocycles. The molecule has 1 unspecified atom stereocenters. The number of nitrogens with zero attached hydrogens (tertiary/aromatic N) is 2. The highest BCUT2D eigenvalue weighted by atomic mass is 32.2. The molecule has 2 aromatic rings. The molecule has 5 nitrogen and oxygen atoms in total. The smallest absolute Gasteiger partial charge is 0.270 e. The van der Waals surface area contributed by atoms with Crippen LogP contribution < -0.4 is 10.0 Å². The second-order valence-corrected chi connectivity index (χ2v) is 6.60. The fourth-order valence-electron chi connectivity index (χ4n) is 2.33. The van der Waals surface area contributed by atoms with Crippen molar-refractivity contribution in [3.05, 3.63) is 60.1 Å². The number of pyridine rings is 1. The van der Waals surface area contributed by atoms with Gasteiger partial charge >= 0.3 is 0 Å². The van der Waals surface area contributed by atoms with Crippen molar-refractivity contribution >= 4 is 21.8 Å². The summed E-state index contributed by atoms with van der Waals surface area (Å²) in [4.78, 5) is 4.33. The van der Waals surface area contributed by atoms with Gasteiger partial charge in [0.1, 0.15) is 4.90 Å². The maximum Gasteiger partial charge on any atom is 0.270 e. The molecule has 21 heavy (non-hydrogen) atoms. The van der Waals surface area contributed by atoms with E-state index in [1.807, 2.05) is 6.07 Å². The zero-order valence-electron chi connectivity index (χ0n) is 11.5. The van der Waals surface area contributed by atoms with Crippen LogP contribution in [0.5, 0.6) is 0 Å². The molecule has 3 rings (SSSR count). The van der Waals surface area contributed by atoms with E-state index >= 15 is 0 Å². The summed E-state index contributed by atoms with van der Waals surface area (Å²) in [7, 11) is -3.71. The molecule has 2 heterocycles. The van der Waals surface area contributed by atoms with E-state index in [9.17, 15) is 8.42 Å². The third-order valence-corrected chi connectivity index (χ3v) is 5.10. The summed E-state index contributed by atoms with van der Waals surface area (Å²) >= 11 is 0. The van der Waals surface area contributed by atoms with Crippen molar-refractivity contribution in [2.75, 3.05) is 4.31 Å². The summed E-state index contributed by atoms with van der Waals surface area (Å²) in [5.74, 6) is 0. The molecule has 1 aliphatic heterocycles. The molecule has 0 fully saturated rings. The predicted molar refractivity (Wildman–Crippen MR) is 82.0 cm³/mol. The molecule has 2 N–H and O–H groups in total. The number of benzene rings is 1. The SMILES string of the molecule is CC(N)C1=Cc2ncccc2S(=O)(=O)N1c1ccccc1. The Balaban J connectivity index is 2.29. The Morgan fingerprint density at radius 2 is 1.86 bits per heavy atom. The van der Waals surface area contributed by atoms with Gasteiger partial charge in [0.15, 0.2) is 0 Å². The quantitative estimate of drug-likeness (QED) is 0.920. The summed E-state index contributed by atoms with van der Waals surface area (Å²) in [6.07, 6.45) is 3.30. The number of anilines is 1. The summed E-state index contributed by atoms with van der Waals surface area (Å²) in [6.45, 7) is 1.76. The fraction of sp³-hybridized carbons (Fsp3) is 0.133. The van der Waals surface area contributed by atoms with Crippen LogP contribution in [-0.4, -0.2) is 19.4 Å². The van der Waals surface area contributed by atoms with E-state index in [0.717, 1.165) is 0 Å². The summed E-state index contributed by atoms with van der Waals surface area (Å²) in [5, 5.41) is 0. The standard InChI is InChI=1S/C15H15N3O2S/c1-11(16)14-10-13-15(8-5-9-17-13)21(19,20)18(14)12-6-3-2-4-7-12/h2-11H,16H2,1H3. The number of fused-ring (bicyclic) bond motifs is 1. The van der Waals surface area contributed by atoms with E-state index in [-0.39, 0.29) is 4.90 Å². The highest BCUT2D eigenvalue weighted by Gasteiger charge is 2.35. The third-order valence-electron chi connectivity index (χ3n) is 3.29. The molecule has 1 aliphatic rings. The average Bonchev–Trinajstić information content (AvgIpc) is 2.47. The summed E-state index contributed by atoms with van der Waals surface area (Å²) < 4.78 is 27.1. The van der Waals surface area contributed by atoms with Gasteiger partial charge in [0, 0.05) is 12.2 Å². The van der Waals surface area contributed by atoms with Gasteiger partial charge in [-0.25, -0.2) is 12.7 Å². The van der Waals surface area contributed by atoms with Crippen molar-refractivity contribution in [2.24, 2.45) is 5.73 Å². The highest BCUT2D eigenvalue weighted by molar-refractivity contribution is 7.93. The van der Waals surface area contributed by atoms with Crippen molar-refractivity contribution in [1.82, 2.24) is 4.98 Å². The molecule has 1 atom stereocenters. The Labute approximate surface area is 123 Å². The highest BCUT2D eigenvalue weighted by Crippen LogP contribution is 2.35. The molecular weight excluding hydrogens is 286 g/mol. The Morgan fingerprint density at radius 1 is 1.14 bits per heavy atom. The number of rotatable bonds is 2. The van der Waals surface area contributed by atoms with Crippen LogP contribution in [0, 0.1) is 0 Å².